The zero-order valence-electron chi connectivity index (χ0n) is 10.3. The first kappa shape index (κ1) is 13.7. The molecule has 0 radical (unpaired) electrons. The summed E-state index contributed by atoms with van der Waals surface area (Å²) in [5.74, 6) is 0. The van der Waals surface area contributed by atoms with Gasteiger partial charge in [0.05, 0.1) is 6.16 Å². The van der Waals surface area contributed by atoms with Gasteiger partial charge in [-0.15, -0.1) is 11.3 Å². The van der Waals surface area contributed by atoms with E-state index < -0.39 is 7.60 Å². The van der Waals surface area contributed by atoms with Crippen molar-refractivity contribution in [3.05, 3.63) is 34.7 Å². The number of hydrogen-bond acceptors (Lipinski definition) is 3. The highest BCUT2D eigenvalue weighted by atomic mass is 32.1. The van der Waals surface area contributed by atoms with Crippen molar-refractivity contribution < 1.29 is 14.4 Å². The van der Waals surface area contributed by atoms with Crippen LogP contribution in [-0.4, -0.2) is 28.8 Å². The van der Waals surface area contributed by atoms with Crippen molar-refractivity contribution in [2.24, 2.45) is 0 Å². The molecule has 0 spiro atoms. The molecule has 0 fully saturated rings. The normalized spacial score (nSPS) is 12.5. The van der Waals surface area contributed by atoms with Crippen molar-refractivity contribution in [2.75, 3.05) is 14.1 Å². The molecule has 0 saturated heterocycles. The zero-order valence-corrected chi connectivity index (χ0v) is 12.0. The second-order valence-electron chi connectivity index (χ2n) is 4.56. The van der Waals surface area contributed by atoms with Gasteiger partial charge < -0.3 is 14.7 Å². The van der Waals surface area contributed by atoms with E-state index in [4.69, 9.17) is 9.79 Å². The Balaban J connectivity index is 2.53. The maximum Gasteiger partial charge on any atom is 0.330 e. The molecule has 0 aliphatic rings. The van der Waals surface area contributed by atoms with Crippen LogP contribution in [0.1, 0.15) is 10.4 Å². The van der Waals surface area contributed by atoms with Gasteiger partial charge in [-0.2, -0.15) is 0 Å². The Hall–Kier alpha value is -0.710. The molecule has 2 aromatic rings. The molecule has 6 heteroatoms. The summed E-state index contributed by atoms with van der Waals surface area (Å²) >= 11 is 1.47. The molecule has 4 nitrogen and oxygen atoms in total. The monoisotopic (exact) mass is 285 g/mol. The molecule has 0 bridgehead atoms. The third kappa shape index (κ3) is 3.19. The average molecular weight is 285 g/mol. The highest BCUT2D eigenvalue weighted by molar-refractivity contribution is 7.51. The highest BCUT2D eigenvalue weighted by Gasteiger charge is 2.20. The van der Waals surface area contributed by atoms with Crippen molar-refractivity contribution in [1.29, 1.82) is 0 Å². The standard InChI is InChI=1S/C12H16NO3PS/c1-13(2)7-10-9-5-3-4-6-11(9)18-12(10)8-17(14,15)16/h3-6H,7-8H2,1-2H3,(H2,14,15,16). The predicted octanol–water partition coefficient (Wildman–Crippen LogP) is 2.64. The molecule has 2 rings (SSSR count). The topological polar surface area (TPSA) is 60.8 Å². The lowest BCUT2D eigenvalue weighted by Crippen LogP contribution is -2.11. The fourth-order valence-corrected chi connectivity index (χ4v) is 4.29. The van der Waals surface area contributed by atoms with Crippen LogP contribution in [0, 0.1) is 0 Å². The lowest BCUT2D eigenvalue weighted by atomic mass is 10.1. The summed E-state index contributed by atoms with van der Waals surface area (Å²) in [4.78, 5) is 21.1. The van der Waals surface area contributed by atoms with Gasteiger partial charge in [-0.1, -0.05) is 18.2 Å². The Morgan fingerprint density at radius 2 is 1.94 bits per heavy atom. The molecule has 0 amide bonds. The van der Waals surface area contributed by atoms with Crippen LogP contribution in [0.25, 0.3) is 10.1 Å². The Kier molecular flexibility index (Phi) is 3.90. The summed E-state index contributed by atoms with van der Waals surface area (Å²) in [6.45, 7) is 0.694. The zero-order chi connectivity index (χ0) is 13.3. The Labute approximate surface area is 110 Å². The first-order valence-electron chi connectivity index (χ1n) is 5.55. The summed E-state index contributed by atoms with van der Waals surface area (Å²) in [5.41, 5.74) is 1.03. The number of fused-ring (bicyclic) bond motifs is 1. The molecule has 98 valence electrons. The van der Waals surface area contributed by atoms with Crippen LogP contribution in [0.3, 0.4) is 0 Å². The van der Waals surface area contributed by atoms with Crippen molar-refractivity contribution in [3.8, 4) is 0 Å². The lowest BCUT2D eigenvalue weighted by Gasteiger charge is -2.11. The highest BCUT2D eigenvalue weighted by Crippen LogP contribution is 2.44. The summed E-state index contributed by atoms with van der Waals surface area (Å²) in [6, 6.07) is 7.89. The van der Waals surface area contributed by atoms with Crippen LogP contribution in [0.4, 0.5) is 0 Å². The number of thiophene rings is 1. The maximum atomic E-state index is 11.2. The van der Waals surface area contributed by atoms with Crippen LogP contribution in [-0.2, 0) is 17.3 Å². The third-order valence-electron chi connectivity index (χ3n) is 2.61. The molecule has 2 N–H and O–H groups in total. The van der Waals surface area contributed by atoms with Crippen LogP contribution in [0.5, 0.6) is 0 Å². The predicted molar refractivity (Wildman–Crippen MR) is 75.0 cm³/mol. The van der Waals surface area contributed by atoms with Gasteiger partial charge in [0.15, 0.2) is 0 Å². The van der Waals surface area contributed by atoms with E-state index in [0.29, 0.717) is 6.54 Å². The van der Waals surface area contributed by atoms with E-state index in [0.717, 1.165) is 20.5 Å². The number of hydrogen-bond donors (Lipinski definition) is 2. The molecular weight excluding hydrogens is 269 g/mol. The molecular formula is C12H16NO3PS. The Bertz CT molecular complexity index is 602. The van der Waals surface area contributed by atoms with Crippen LogP contribution in [0.2, 0.25) is 0 Å². The van der Waals surface area contributed by atoms with Crippen molar-refractivity contribution in [2.45, 2.75) is 12.7 Å². The van der Waals surface area contributed by atoms with E-state index in [9.17, 15) is 4.57 Å². The van der Waals surface area contributed by atoms with Crippen molar-refractivity contribution in [1.82, 2.24) is 4.90 Å². The van der Waals surface area contributed by atoms with Gasteiger partial charge in [0.1, 0.15) is 0 Å². The quantitative estimate of drug-likeness (QED) is 0.848. The van der Waals surface area contributed by atoms with Gasteiger partial charge in [0.2, 0.25) is 0 Å². The van der Waals surface area contributed by atoms with E-state index in [1.54, 1.807) is 0 Å². The second kappa shape index (κ2) is 5.11. The fourth-order valence-electron chi connectivity index (χ4n) is 1.95. The second-order valence-corrected chi connectivity index (χ2v) is 7.34. The van der Waals surface area contributed by atoms with Gasteiger partial charge in [-0.05, 0) is 31.1 Å². The maximum absolute atomic E-state index is 11.2. The van der Waals surface area contributed by atoms with E-state index in [1.807, 2.05) is 43.3 Å². The number of benzene rings is 1. The molecule has 0 aliphatic carbocycles. The summed E-state index contributed by atoms with van der Waals surface area (Å²) in [5, 5.41) is 1.10. The van der Waals surface area contributed by atoms with E-state index in [2.05, 4.69) is 0 Å². The van der Waals surface area contributed by atoms with Gasteiger partial charge in [0, 0.05) is 16.1 Å². The minimum absolute atomic E-state index is 0.171. The third-order valence-corrected chi connectivity index (χ3v) is 4.76. The first-order chi connectivity index (χ1) is 8.37. The average Bonchev–Trinajstić information content (AvgIpc) is 2.54. The SMILES string of the molecule is CN(C)Cc1c(CP(=O)(O)O)sc2ccccc12. The Morgan fingerprint density at radius 3 is 2.56 bits per heavy atom. The first-order valence-corrected chi connectivity index (χ1v) is 8.17. The van der Waals surface area contributed by atoms with Gasteiger partial charge in [-0.25, -0.2) is 0 Å². The van der Waals surface area contributed by atoms with Crippen LogP contribution >= 0.6 is 18.9 Å². The number of rotatable bonds is 4. The van der Waals surface area contributed by atoms with Gasteiger partial charge in [-0.3, -0.25) is 4.57 Å². The Morgan fingerprint density at radius 1 is 1.28 bits per heavy atom. The fraction of sp³-hybridized carbons (Fsp3) is 0.333. The van der Waals surface area contributed by atoms with E-state index in [-0.39, 0.29) is 6.16 Å². The lowest BCUT2D eigenvalue weighted by molar-refractivity contribution is 0.371. The molecule has 0 saturated carbocycles. The minimum Gasteiger partial charge on any atom is -0.324 e. The molecule has 1 heterocycles. The number of nitrogens with zero attached hydrogens (tertiary/aromatic N) is 1. The largest absolute Gasteiger partial charge is 0.330 e. The summed E-state index contributed by atoms with van der Waals surface area (Å²) in [6.07, 6.45) is -0.171. The molecule has 0 atom stereocenters. The smallest absolute Gasteiger partial charge is 0.324 e. The molecule has 18 heavy (non-hydrogen) atoms. The van der Waals surface area contributed by atoms with Crippen LogP contribution in [0.15, 0.2) is 24.3 Å². The van der Waals surface area contributed by atoms with Gasteiger partial charge >= 0.3 is 7.60 Å². The van der Waals surface area contributed by atoms with E-state index >= 15 is 0 Å². The summed E-state index contributed by atoms with van der Waals surface area (Å²) in [7, 11) is -0.117. The van der Waals surface area contributed by atoms with Gasteiger partial charge in [0.25, 0.3) is 0 Å². The minimum atomic E-state index is -4.02. The molecule has 0 unspecified atom stereocenters. The van der Waals surface area contributed by atoms with Crippen LogP contribution < -0.4 is 0 Å². The molecule has 1 aromatic carbocycles. The molecule has 0 aliphatic heterocycles. The summed E-state index contributed by atoms with van der Waals surface area (Å²) < 4.78 is 12.3. The van der Waals surface area contributed by atoms with Crippen molar-refractivity contribution in [3.63, 3.8) is 0 Å². The van der Waals surface area contributed by atoms with E-state index in [1.165, 1.54) is 11.3 Å². The van der Waals surface area contributed by atoms with Crippen molar-refractivity contribution >= 4 is 29.0 Å². The molecule has 1 aromatic heterocycles.